The minimum absolute atomic E-state index is 0.246. The van der Waals surface area contributed by atoms with Crippen molar-refractivity contribution in [2.24, 2.45) is 5.92 Å². The summed E-state index contributed by atoms with van der Waals surface area (Å²) in [5.41, 5.74) is 4.88. The molecular weight excluding hydrogens is 390 g/mol. The number of nitrogens with one attached hydrogen (secondary N) is 2. The Hall–Kier alpha value is -3.32. The predicted molar refractivity (Wildman–Crippen MR) is 123 cm³/mol. The monoisotopic (exact) mass is 419 g/mol. The van der Waals surface area contributed by atoms with Crippen molar-refractivity contribution in [2.75, 3.05) is 29.9 Å². The Morgan fingerprint density at radius 3 is 2.55 bits per heavy atom. The number of benzene rings is 2. The van der Waals surface area contributed by atoms with E-state index in [1.54, 1.807) is 6.20 Å². The number of aryl methyl sites for hydroxylation is 1. The van der Waals surface area contributed by atoms with Crippen LogP contribution in [0.15, 0.2) is 60.8 Å². The lowest BCUT2D eigenvalue weighted by Gasteiger charge is -2.33. The smallest absolute Gasteiger partial charge is 0.319 e. The highest BCUT2D eigenvalue weighted by atomic mass is 16.3. The second-order valence-corrected chi connectivity index (χ2v) is 8.02. The third-order valence-corrected chi connectivity index (χ3v) is 5.81. The third kappa shape index (κ3) is 5.24. The minimum atomic E-state index is -0.246. The zero-order valence-corrected chi connectivity index (χ0v) is 17.8. The highest BCUT2D eigenvalue weighted by Crippen LogP contribution is 2.23. The molecule has 1 aliphatic heterocycles. The quantitative estimate of drug-likeness (QED) is 0.569. The first-order chi connectivity index (χ1) is 15.1. The van der Waals surface area contributed by atoms with Crippen LogP contribution in [0.5, 0.6) is 0 Å². The number of hydrogen-bond acceptors (Lipinski definition) is 4. The van der Waals surface area contributed by atoms with E-state index in [1.165, 1.54) is 5.69 Å². The summed E-state index contributed by atoms with van der Waals surface area (Å²) in [6.07, 6.45) is 3.81. The second kappa shape index (κ2) is 9.66. The van der Waals surface area contributed by atoms with Gasteiger partial charge in [0.05, 0.1) is 5.69 Å². The fraction of sp³-hybridized carbons (Fsp3) is 0.333. The molecule has 0 saturated carbocycles. The molecule has 3 aromatic rings. The maximum absolute atomic E-state index is 12.4. The number of piperidine rings is 1. The highest BCUT2D eigenvalue weighted by Gasteiger charge is 2.18. The Kier molecular flexibility index (Phi) is 6.52. The van der Waals surface area contributed by atoms with Crippen LogP contribution < -0.4 is 15.5 Å². The first-order valence-corrected chi connectivity index (χ1v) is 10.7. The van der Waals surface area contributed by atoms with Gasteiger partial charge in [0.25, 0.3) is 0 Å². The molecule has 0 spiro atoms. The lowest BCUT2D eigenvalue weighted by molar-refractivity contribution is 0.203. The second-order valence-electron chi connectivity index (χ2n) is 8.02. The van der Waals surface area contributed by atoms with Crippen molar-refractivity contribution in [1.82, 2.24) is 15.1 Å². The molecule has 7 nitrogen and oxygen atoms in total. The summed E-state index contributed by atoms with van der Waals surface area (Å²) in [6.45, 7) is 4.68. The van der Waals surface area contributed by atoms with E-state index < -0.39 is 0 Å². The van der Waals surface area contributed by atoms with Crippen molar-refractivity contribution in [1.29, 1.82) is 0 Å². The van der Waals surface area contributed by atoms with Crippen LogP contribution in [0.3, 0.4) is 0 Å². The standard InChI is InChI=1S/C24H29N5O2/c1-18-9-12-26-29(18)23-4-2-3-21(15-23)27-24(31)25-16-19-5-7-22(8-6-19)28-13-10-20(17-30)11-14-28/h2-9,12,15,20,30H,10-11,13-14,16-17H2,1H3,(H2,25,27,31). The average Bonchev–Trinajstić information content (AvgIpc) is 3.24. The largest absolute Gasteiger partial charge is 0.396 e. The van der Waals surface area contributed by atoms with Crippen LogP contribution in [0, 0.1) is 12.8 Å². The lowest BCUT2D eigenvalue weighted by Crippen LogP contribution is -2.34. The number of carbonyl (C=O) groups excluding carboxylic acids is 1. The van der Waals surface area contributed by atoms with Gasteiger partial charge >= 0.3 is 6.03 Å². The van der Waals surface area contributed by atoms with Crippen LogP contribution in [-0.2, 0) is 6.54 Å². The van der Waals surface area contributed by atoms with Gasteiger partial charge in [-0.25, -0.2) is 9.48 Å². The number of carbonyl (C=O) groups is 1. The number of amides is 2. The van der Waals surface area contributed by atoms with E-state index in [0.717, 1.165) is 42.9 Å². The van der Waals surface area contributed by atoms with Crippen LogP contribution >= 0.6 is 0 Å². The van der Waals surface area contributed by atoms with E-state index in [2.05, 4.69) is 44.9 Å². The number of anilines is 2. The molecule has 1 aliphatic rings. The topological polar surface area (TPSA) is 82.4 Å². The molecule has 31 heavy (non-hydrogen) atoms. The Bertz CT molecular complexity index is 1010. The Balaban J connectivity index is 1.29. The van der Waals surface area contributed by atoms with E-state index in [0.29, 0.717) is 18.2 Å². The van der Waals surface area contributed by atoms with Gasteiger partial charge < -0.3 is 20.6 Å². The molecule has 3 N–H and O–H groups in total. The van der Waals surface area contributed by atoms with E-state index in [9.17, 15) is 9.90 Å². The van der Waals surface area contributed by atoms with Crippen molar-refractivity contribution in [3.63, 3.8) is 0 Å². The summed E-state index contributed by atoms with van der Waals surface area (Å²) in [6, 6.07) is 17.6. The number of aromatic nitrogens is 2. The Morgan fingerprint density at radius 2 is 1.87 bits per heavy atom. The molecule has 4 rings (SSSR count). The van der Waals surface area contributed by atoms with Gasteiger partial charge in [-0.2, -0.15) is 5.10 Å². The van der Waals surface area contributed by atoms with Gasteiger partial charge in [-0.1, -0.05) is 18.2 Å². The van der Waals surface area contributed by atoms with Crippen LogP contribution in [0.25, 0.3) is 5.69 Å². The molecule has 0 atom stereocenters. The first-order valence-electron chi connectivity index (χ1n) is 10.7. The molecule has 1 aromatic heterocycles. The molecule has 0 bridgehead atoms. The fourth-order valence-corrected chi connectivity index (χ4v) is 3.91. The van der Waals surface area contributed by atoms with E-state index in [1.807, 2.05) is 41.9 Å². The number of urea groups is 1. The highest BCUT2D eigenvalue weighted by molar-refractivity contribution is 5.89. The minimum Gasteiger partial charge on any atom is -0.396 e. The Labute approximate surface area is 182 Å². The van der Waals surface area contributed by atoms with Crippen LogP contribution in [0.2, 0.25) is 0 Å². The molecule has 0 unspecified atom stereocenters. The van der Waals surface area contributed by atoms with Gasteiger partial charge in [-0.3, -0.25) is 0 Å². The van der Waals surface area contributed by atoms with Crippen LogP contribution in [0.1, 0.15) is 24.1 Å². The van der Waals surface area contributed by atoms with Gasteiger partial charge in [0.15, 0.2) is 0 Å². The SMILES string of the molecule is Cc1ccnn1-c1cccc(NC(=O)NCc2ccc(N3CCC(CO)CC3)cc2)c1. The molecule has 1 saturated heterocycles. The molecule has 162 valence electrons. The van der Waals surface area contributed by atoms with Crippen molar-refractivity contribution < 1.29 is 9.90 Å². The molecule has 1 fully saturated rings. The number of aliphatic hydroxyl groups is 1. The summed E-state index contributed by atoms with van der Waals surface area (Å²) in [4.78, 5) is 14.7. The molecule has 0 aliphatic carbocycles. The number of aliphatic hydroxyl groups excluding tert-OH is 1. The zero-order chi connectivity index (χ0) is 21.6. The van der Waals surface area contributed by atoms with Gasteiger partial charge in [-0.05, 0) is 67.6 Å². The van der Waals surface area contributed by atoms with Crippen molar-refractivity contribution >= 4 is 17.4 Å². The predicted octanol–water partition coefficient (Wildman–Crippen LogP) is 3.71. The van der Waals surface area contributed by atoms with E-state index >= 15 is 0 Å². The number of nitrogens with zero attached hydrogens (tertiary/aromatic N) is 3. The van der Waals surface area contributed by atoms with Gasteiger partial charge in [0.1, 0.15) is 0 Å². The van der Waals surface area contributed by atoms with Crippen molar-refractivity contribution in [2.45, 2.75) is 26.3 Å². The number of hydrogen-bond donors (Lipinski definition) is 3. The van der Waals surface area contributed by atoms with Gasteiger partial charge in [0, 0.05) is 49.5 Å². The van der Waals surface area contributed by atoms with E-state index in [4.69, 9.17) is 0 Å². The Morgan fingerprint density at radius 1 is 1.10 bits per heavy atom. The molecular formula is C24H29N5O2. The third-order valence-electron chi connectivity index (χ3n) is 5.81. The molecule has 2 amide bonds. The molecule has 2 aromatic carbocycles. The maximum atomic E-state index is 12.4. The zero-order valence-electron chi connectivity index (χ0n) is 17.8. The van der Waals surface area contributed by atoms with E-state index in [-0.39, 0.29) is 12.6 Å². The molecule has 2 heterocycles. The summed E-state index contributed by atoms with van der Waals surface area (Å²) >= 11 is 0. The van der Waals surface area contributed by atoms with Crippen molar-refractivity contribution in [3.8, 4) is 5.69 Å². The molecule has 0 radical (unpaired) electrons. The number of rotatable bonds is 6. The lowest BCUT2D eigenvalue weighted by atomic mass is 9.97. The van der Waals surface area contributed by atoms with Gasteiger partial charge in [-0.15, -0.1) is 0 Å². The fourth-order valence-electron chi connectivity index (χ4n) is 3.91. The van der Waals surface area contributed by atoms with Gasteiger partial charge in [0.2, 0.25) is 0 Å². The van der Waals surface area contributed by atoms with Crippen LogP contribution in [-0.4, -0.2) is 40.6 Å². The van der Waals surface area contributed by atoms with Crippen LogP contribution in [0.4, 0.5) is 16.2 Å². The first kappa shape index (κ1) is 20.9. The normalized spacial score (nSPS) is 14.5. The maximum Gasteiger partial charge on any atom is 0.319 e. The van der Waals surface area contributed by atoms with Crippen molar-refractivity contribution in [3.05, 3.63) is 72.1 Å². The average molecular weight is 420 g/mol. The summed E-state index contributed by atoms with van der Waals surface area (Å²) < 4.78 is 1.83. The summed E-state index contributed by atoms with van der Waals surface area (Å²) in [5.74, 6) is 0.433. The molecule has 7 heteroatoms. The summed E-state index contributed by atoms with van der Waals surface area (Å²) in [5, 5.41) is 19.4. The summed E-state index contributed by atoms with van der Waals surface area (Å²) in [7, 11) is 0.